The number of methoxy groups -OCH3 is 1. The van der Waals surface area contributed by atoms with Crippen molar-refractivity contribution in [2.45, 2.75) is 6.42 Å². The van der Waals surface area contributed by atoms with Crippen molar-refractivity contribution in [3.8, 4) is 28.4 Å². The van der Waals surface area contributed by atoms with Crippen molar-refractivity contribution < 1.29 is 19.4 Å². The standard InChI is InChI=1S/C21H16Cl2O4/c1-26-17-7-13(9-21(24)25)8-18(12-17)27-16-4-2-3-14(10-16)19-11-15(22)5-6-20(19)23/h2-8,10-12H,9H2,1H3,(H,24,25). The number of carbonyl (C=O) groups is 1. The van der Waals surface area contributed by atoms with E-state index in [1.165, 1.54) is 7.11 Å². The van der Waals surface area contributed by atoms with Gasteiger partial charge in [0.2, 0.25) is 0 Å². The van der Waals surface area contributed by atoms with Crippen molar-refractivity contribution in [3.63, 3.8) is 0 Å². The molecule has 0 amide bonds. The van der Waals surface area contributed by atoms with E-state index >= 15 is 0 Å². The van der Waals surface area contributed by atoms with Crippen LogP contribution in [-0.2, 0) is 11.2 Å². The molecule has 0 aromatic heterocycles. The van der Waals surface area contributed by atoms with Crippen LogP contribution < -0.4 is 9.47 Å². The molecule has 138 valence electrons. The highest BCUT2D eigenvalue weighted by atomic mass is 35.5. The molecule has 0 saturated heterocycles. The van der Waals surface area contributed by atoms with Crippen LogP contribution in [0.2, 0.25) is 10.0 Å². The maximum atomic E-state index is 11.0. The van der Waals surface area contributed by atoms with Gasteiger partial charge in [-0.25, -0.2) is 0 Å². The molecule has 3 rings (SSSR count). The van der Waals surface area contributed by atoms with Gasteiger partial charge in [-0.1, -0.05) is 35.3 Å². The maximum Gasteiger partial charge on any atom is 0.307 e. The Hall–Kier alpha value is -2.69. The number of carboxylic acids is 1. The molecule has 4 nitrogen and oxygen atoms in total. The van der Waals surface area contributed by atoms with Crippen LogP contribution in [0.1, 0.15) is 5.56 Å². The fraction of sp³-hybridized carbons (Fsp3) is 0.0952. The Morgan fingerprint density at radius 3 is 2.48 bits per heavy atom. The largest absolute Gasteiger partial charge is 0.497 e. The van der Waals surface area contributed by atoms with Crippen molar-refractivity contribution in [1.82, 2.24) is 0 Å². The summed E-state index contributed by atoms with van der Waals surface area (Å²) in [5.74, 6) is 0.669. The van der Waals surface area contributed by atoms with Gasteiger partial charge in [0.05, 0.1) is 13.5 Å². The molecule has 0 radical (unpaired) electrons. The minimum Gasteiger partial charge on any atom is -0.497 e. The molecule has 3 aromatic carbocycles. The fourth-order valence-electron chi connectivity index (χ4n) is 2.67. The third-order valence-electron chi connectivity index (χ3n) is 3.84. The molecule has 6 heteroatoms. The number of aliphatic carboxylic acids is 1. The number of ether oxygens (including phenoxy) is 2. The highest BCUT2D eigenvalue weighted by Gasteiger charge is 2.09. The molecule has 0 fully saturated rings. The third-order valence-corrected chi connectivity index (χ3v) is 4.40. The van der Waals surface area contributed by atoms with E-state index in [9.17, 15) is 4.79 Å². The zero-order chi connectivity index (χ0) is 19.4. The Morgan fingerprint density at radius 2 is 1.74 bits per heavy atom. The lowest BCUT2D eigenvalue weighted by molar-refractivity contribution is -0.136. The van der Waals surface area contributed by atoms with Crippen LogP contribution in [-0.4, -0.2) is 18.2 Å². The highest BCUT2D eigenvalue weighted by Crippen LogP contribution is 2.34. The molecular weight excluding hydrogens is 387 g/mol. The Morgan fingerprint density at radius 1 is 0.963 bits per heavy atom. The fourth-order valence-corrected chi connectivity index (χ4v) is 3.06. The van der Waals surface area contributed by atoms with Crippen LogP contribution in [0.4, 0.5) is 0 Å². The first-order valence-corrected chi connectivity index (χ1v) is 8.83. The lowest BCUT2D eigenvalue weighted by Crippen LogP contribution is -2.00. The van der Waals surface area contributed by atoms with E-state index in [1.807, 2.05) is 18.2 Å². The quantitative estimate of drug-likeness (QED) is 0.541. The second-order valence-electron chi connectivity index (χ2n) is 5.84. The van der Waals surface area contributed by atoms with Gasteiger partial charge in [0.25, 0.3) is 0 Å². The molecule has 1 N–H and O–H groups in total. The Balaban J connectivity index is 1.92. The number of benzene rings is 3. The molecule has 0 heterocycles. The van der Waals surface area contributed by atoms with Crippen LogP contribution in [0.3, 0.4) is 0 Å². The van der Waals surface area contributed by atoms with Crippen molar-refractivity contribution >= 4 is 29.2 Å². The predicted molar refractivity (Wildman–Crippen MR) is 106 cm³/mol. The van der Waals surface area contributed by atoms with Gasteiger partial charge < -0.3 is 14.6 Å². The number of hydrogen-bond donors (Lipinski definition) is 1. The van der Waals surface area contributed by atoms with Gasteiger partial charge >= 0.3 is 5.97 Å². The summed E-state index contributed by atoms with van der Waals surface area (Å²) in [6.45, 7) is 0. The normalized spacial score (nSPS) is 10.5. The van der Waals surface area contributed by atoms with E-state index in [2.05, 4.69) is 0 Å². The number of halogens is 2. The van der Waals surface area contributed by atoms with Gasteiger partial charge in [-0.2, -0.15) is 0 Å². The molecule has 0 spiro atoms. The molecule has 0 atom stereocenters. The molecule has 0 aliphatic rings. The van der Waals surface area contributed by atoms with Crippen molar-refractivity contribution in [2.24, 2.45) is 0 Å². The average molecular weight is 403 g/mol. The summed E-state index contributed by atoms with van der Waals surface area (Å²) >= 11 is 12.4. The first kappa shape index (κ1) is 19.1. The summed E-state index contributed by atoms with van der Waals surface area (Å²) in [7, 11) is 1.52. The Kier molecular flexibility index (Phi) is 5.89. The smallest absolute Gasteiger partial charge is 0.307 e. The second kappa shape index (κ2) is 8.33. The monoisotopic (exact) mass is 402 g/mol. The van der Waals surface area contributed by atoms with Gasteiger partial charge in [0, 0.05) is 21.7 Å². The van der Waals surface area contributed by atoms with Crippen molar-refractivity contribution in [1.29, 1.82) is 0 Å². The van der Waals surface area contributed by atoms with E-state index in [1.54, 1.807) is 42.5 Å². The second-order valence-corrected chi connectivity index (χ2v) is 6.69. The van der Waals surface area contributed by atoms with Crippen molar-refractivity contribution in [2.75, 3.05) is 7.11 Å². The highest BCUT2D eigenvalue weighted by molar-refractivity contribution is 6.35. The van der Waals surface area contributed by atoms with Gasteiger partial charge in [0.15, 0.2) is 0 Å². The number of hydrogen-bond acceptors (Lipinski definition) is 3. The minimum atomic E-state index is -0.924. The maximum absolute atomic E-state index is 11.0. The van der Waals surface area contributed by atoms with Gasteiger partial charge in [-0.3, -0.25) is 4.79 Å². The van der Waals surface area contributed by atoms with E-state index < -0.39 is 5.97 Å². The summed E-state index contributed by atoms with van der Waals surface area (Å²) in [4.78, 5) is 11.0. The van der Waals surface area contributed by atoms with Gasteiger partial charge in [0.1, 0.15) is 17.2 Å². The first-order chi connectivity index (χ1) is 12.9. The molecule has 0 bridgehead atoms. The SMILES string of the molecule is COc1cc(CC(=O)O)cc(Oc2cccc(-c3cc(Cl)ccc3Cl)c2)c1. The summed E-state index contributed by atoms with van der Waals surface area (Å²) in [5, 5.41) is 10.2. The van der Waals surface area contributed by atoms with Gasteiger partial charge in [-0.05, 0) is 53.6 Å². The Bertz CT molecular complexity index is 986. The molecular formula is C21H16Cl2O4. The number of carboxylic acid groups (broad SMARTS) is 1. The van der Waals surface area contributed by atoms with Crippen LogP contribution in [0.5, 0.6) is 17.2 Å². The number of rotatable bonds is 6. The van der Waals surface area contributed by atoms with Gasteiger partial charge in [-0.15, -0.1) is 0 Å². The Labute approximate surface area is 166 Å². The van der Waals surface area contributed by atoms with E-state index in [4.69, 9.17) is 37.8 Å². The summed E-state index contributed by atoms with van der Waals surface area (Å²) in [5.41, 5.74) is 2.24. The lowest BCUT2D eigenvalue weighted by Gasteiger charge is -2.11. The minimum absolute atomic E-state index is 0.119. The molecule has 0 aliphatic heterocycles. The van der Waals surface area contributed by atoms with Crippen LogP contribution >= 0.6 is 23.2 Å². The molecule has 0 unspecified atom stereocenters. The topological polar surface area (TPSA) is 55.8 Å². The van der Waals surface area contributed by atoms with E-state index in [0.29, 0.717) is 32.9 Å². The summed E-state index contributed by atoms with van der Waals surface area (Å²) in [6, 6.07) is 17.7. The molecule has 0 saturated carbocycles. The molecule has 27 heavy (non-hydrogen) atoms. The third kappa shape index (κ3) is 4.94. The predicted octanol–water partition coefficient (Wildman–Crippen LogP) is 6.09. The van der Waals surface area contributed by atoms with Crippen LogP contribution in [0.15, 0.2) is 60.7 Å². The molecule has 0 aliphatic carbocycles. The van der Waals surface area contributed by atoms with Crippen LogP contribution in [0, 0.1) is 0 Å². The summed E-state index contributed by atoms with van der Waals surface area (Å²) in [6.07, 6.45) is -0.119. The summed E-state index contributed by atoms with van der Waals surface area (Å²) < 4.78 is 11.2. The van der Waals surface area contributed by atoms with E-state index in [0.717, 1.165) is 11.1 Å². The zero-order valence-corrected chi connectivity index (χ0v) is 15.9. The van der Waals surface area contributed by atoms with E-state index in [-0.39, 0.29) is 6.42 Å². The molecule has 3 aromatic rings. The zero-order valence-electron chi connectivity index (χ0n) is 14.4. The van der Waals surface area contributed by atoms with Crippen molar-refractivity contribution in [3.05, 3.63) is 76.3 Å². The van der Waals surface area contributed by atoms with Crippen LogP contribution in [0.25, 0.3) is 11.1 Å². The average Bonchev–Trinajstić information content (AvgIpc) is 2.63. The first-order valence-electron chi connectivity index (χ1n) is 8.07. The lowest BCUT2D eigenvalue weighted by atomic mass is 10.1.